The van der Waals surface area contributed by atoms with Crippen molar-refractivity contribution in [1.82, 2.24) is 25.1 Å². The second-order valence-corrected chi connectivity index (χ2v) is 4.99. The molecule has 0 aliphatic carbocycles. The van der Waals surface area contributed by atoms with E-state index in [9.17, 15) is 0 Å². The van der Waals surface area contributed by atoms with Gasteiger partial charge in [0.1, 0.15) is 5.69 Å². The Morgan fingerprint density at radius 3 is 3.00 bits per heavy atom. The first-order valence-electron chi connectivity index (χ1n) is 6.90. The molecule has 3 rings (SSSR count). The Balaban J connectivity index is 1.75. The van der Waals surface area contributed by atoms with Crippen molar-refractivity contribution in [3.8, 4) is 11.4 Å². The first-order chi connectivity index (χ1) is 9.36. The molecule has 1 aliphatic heterocycles. The zero-order valence-corrected chi connectivity index (χ0v) is 11.2. The van der Waals surface area contributed by atoms with Crippen LogP contribution in [0.4, 0.5) is 0 Å². The van der Waals surface area contributed by atoms with E-state index >= 15 is 0 Å². The van der Waals surface area contributed by atoms with E-state index in [-0.39, 0.29) is 0 Å². The van der Waals surface area contributed by atoms with Crippen LogP contribution in [0.15, 0.2) is 24.7 Å². The lowest BCUT2D eigenvalue weighted by atomic mass is 10.0. The summed E-state index contributed by atoms with van der Waals surface area (Å²) < 4.78 is 1.94. The average Bonchev–Trinajstić information content (AvgIpc) is 3.10. The zero-order valence-electron chi connectivity index (χ0n) is 11.2. The van der Waals surface area contributed by atoms with Gasteiger partial charge in [0.2, 0.25) is 0 Å². The molecule has 1 aliphatic rings. The Hall–Kier alpha value is -1.75. The van der Waals surface area contributed by atoms with Gasteiger partial charge in [-0.1, -0.05) is 0 Å². The van der Waals surface area contributed by atoms with Crippen molar-refractivity contribution in [3.05, 3.63) is 30.4 Å². The molecule has 1 N–H and O–H groups in total. The number of hydrogen-bond donors (Lipinski definition) is 1. The maximum absolute atomic E-state index is 4.54. The molecule has 1 fully saturated rings. The predicted molar refractivity (Wildman–Crippen MR) is 73.6 cm³/mol. The average molecular weight is 257 g/mol. The summed E-state index contributed by atoms with van der Waals surface area (Å²) in [5.74, 6) is 0.710. The smallest absolute Gasteiger partial charge is 0.107 e. The van der Waals surface area contributed by atoms with Crippen molar-refractivity contribution in [2.75, 3.05) is 13.1 Å². The van der Waals surface area contributed by atoms with E-state index < -0.39 is 0 Å². The minimum absolute atomic E-state index is 0.710. The van der Waals surface area contributed by atoms with E-state index in [1.54, 1.807) is 6.20 Å². The zero-order chi connectivity index (χ0) is 13.1. The lowest BCUT2D eigenvalue weighted by Gasteiger charge is -2.08. The molecular weight excluding hydrogens is 238 g/mol. The minimum Gasteiger partial charge on any atom is -0.316 e. The van der Waals surface area contributed by atoms with Gasteiger partial charge in [0.25, 0.3) is 0 Å². The Kier molecular flexibility index (Phi) is 3.55. The molecule has 0 radical (unpaired) electrons. The molecule has 0 amide bonds. The van der Waals surface area contributed by atoms with E-state index in [1.165, 1.54) is 6.42 Å². The van der Waals surface area contributed by atoms with E-state index in [2.05, 4.69) is 27.3 Å². The topological polar surface area (TPSA) is 55.6 Å². The summed E-state index contributed by atoms with van der Waals surface area (Å²) >= 11 is 0. The van der Waals surface area contributed by atoms with Crippen molar-refractivity contribution >= 4 is 0 Å². The summed E-state index contributed by atoms with van der Waals surface area (Å²) in [7, 11) is 0. The van der Waals surface area contributed by atoms with Crippen LogP contribution in [0.1, 0.15) is 19.0 Å². The maximum atomic E-state index is 4.54. The number of nitrogens with zero attached hydrogens (tertiary/aromatic N) is 4. The molecule has 1 saturated heterocycles. The molecule has 0 spiro atoms. The van der Waals surface area contributed by atoms with Crippen LogP contribution in [0.2, 0.25) is 0 Å². The predicted octanol–water partition coefficient (Wildman–Crippen LogP) is 1.51. The number of aromatic nitrogens is 4. The number of hydrogen-bond acceptors (Lipinski definition) is 4. The van der Waals surface area contributed by atoms with E-state index in [0.717, 1.165) is 43.1 Å². The molecule has 0 aromatic carbocycles. The number of aryl methyl sites for hydroxylation is 1. The van der Waals surface area contributed by atoms with E-state index in [1.807, 2.05) is 23.1 Å². The highest BCUT2D eigenvalue weighted by Gasteiger charge is 2.15. The fourth-order valence-corrected chi connectivity index (χ4v) is 2.58. The lowest BCUT2D eigenvalue weighted by molar-refractivity contribution is 0.570. The largest absolute Gasteiger partial charge is 0.316 e. The Labute approximate surface area is 113 Å². The Bertz CT molecular complexity index is 525. The summed E-state index contributed by atoms with van der Waals surface area (Å²) in [6.07, 6.45) is 7.83. The molecule has 100 valence electrons. The maximum Gasteiger partial charge on any atom is 0.107 e. The third-order valence-electron chi connectivity index (χ3n) is 3.64. The van der Waals surface area contributed by atoms with Crippen LogP contribution < -0.4 is 5.32 Å². The second kappa shape index (κ2) is 5.48. The number of nitrogens with one attached hydrogen (secondary N) is 1. The molecule has 5 heteroatoms. The normalized spacial score (nSPS) is 18.9. The van der Waals surface area contributed by atoms with Crippen molar-refractivity contribution in [3.63, 3.8) is 0 Å². The molecular formula is C14H19N5. The standard InChI is InChI=1S/C14H19N5/c1-2-19-14(4-6-18-19)13-10-16-12(9-17-13)7-11-3-5-15-8-11/h4,6,9-11,15H,2-3,5,7-8H2,1H3/t11-/m0/s1. The summed E-state index contributed by atoms with van der Waals surface area (Å²) in [5, 5.41) is 7.64. The summed E-state index contributed by atoms with van der Waals surface area (Å²) in [4.78, 5) is 9.07. The summed E-state index contributed by atoms with van der Waals surface area (Å²) in [6.45, 7) is 5.16. The van der Waals surface area contributed by atoms with Crippen LogP contribution in [0.25, 0.3) is 11.4 Å². The minimum atomic E-state index is 0.710. The highest BCUT2D eigenvalue weighted by Crippen LogP contribution is 2.17. The summed E-state index contributed by atoms with van der Waals surface area (Å²) in [5.41, 5.74) is 3.01. The quantitative estimate of drug-likeness (QED) is 0.902. The van der Waals surface area contributed by atoms with Crippen molar-refractivity contribution in [2.24, 2.45) is 5.92 Å². The van der Waals surface area contributed by atoms with Crippen molar-refractivity contribution in [1.29, 1.82) is 0 Å². The highest BCUT2D eigenvalue weighted by atomic mass is 15.3. The van der Waals surface area contributed by atoms with Gasteiger partial charge in [-0.3, -0.25) is 14.6 Å². The van der Waals surface area contributed by atoms with Gasteiger partial charge in [0, 0.05) is 18.9 Å². The van der Waals surface area contributed by atoms with Crippen LogP contribution in [0.3, 0.4) is 0 Å². The number of rotatable bonds is 4. The third-order valence-corrected chi connectivity index (χ3v) is 3.64. The first-order valence-corrected chi connectivity index (χ1v) is 6.90. The van der Waals surface area contributed by atoms with Crippen LogP contribution >= 0.6 is 0 Å². The van der Waals surface area contributed by atoms with Gasteiger partial charge < -0.3 is 5.32 Å². The van der Waals surface area contributed by atoms with E-state index in [0.29, 0.717) is 5.92 Å². The second-order valence-electron chi connectivity index (χ2n) is 4.99. The molecule has 3 heterocycles. The van der Waals surface area contributed by atoms with Gasteiger partial charge in [-0.05, 0) is 44.8 Å². The van der Waals surface area contributed by atoms with Crippen LogP contribution in [-0.2, 0) is 13.0 Å². The Morgan fingerprint density at radius 1 is 1.37 bits per heavy atom. The Morgan fingerprint density at radius 2 is 2.32 bits per heavy atom. The highest BCUT2D eigenvalue weighted by molar-refractivity contribution is 5.52. The van der Waals surface area contributed by atoms with Gasteiger partial charge in [-0.15, -0.1) is 0 Å². The van der Waals surface area contributed by atoms with Gasteiger partial charge in [0.05, 0.1) is 17.6 Å². The van der Waals surface area contributed by atoms with Crippen LogP contribution in [0, 0.1) is 5.92 Å². The van der Waals surface area contributed by atoms with Gasteiger partial charge in [-0.2, -0.15) is 5.10 Å². The van der Waals surface area contributed by atoms with Gasteiger partial charge in [0.15, 0.2) is 0 Å². The first kappa shape index (κ1) is 12.3. The summed E-state index contributed by atoms with van der Waals surface area (Å²) in [6, 6.07) is 1.98. The molecule has 2 aromatic rings. The lowest BCUT2D eigenvalue weighted by Crippen LogP contribution is -2.11. The monoisotopic (exact) mass is 257 g/mol. The fraction of sp³-hybridized carbons (Fsp3) is 0.500. The van der Waals surface area contributed by atoms with E-state index in [4.69, 9.17) is 0 Å². The molecule has 19 heavy (non-hydrogen) atoms. The van der Waals surface area contributed by atoms with Gasteiger partial charge in [-0.25, -0.2) is 0 Å². The van der Waals surface area contributed by atoms with Crippen LogP contribution in [0.5, 0.6) is 0 Å². The SMILES string of the molecule is CCn1nccc1-c1cnc(C[C@@H]2CCNC2)cn1. The van der Waals surface area contributed by atoms with Crippen molar-refractivity contribution in [2.45, 2.75) is 26.3 Å². The van der Waals surface area contributed by atoms with Crippen LogP contribution in [-0.4, -0.2) is 32.8 Å². The van der Waals surface area contributed by atoms with Gasteiger partial charge >= 0.3 is 0 Å². The molecule has 2 aromatic heterocycles. The molecule has 1 atom stereocenters. The third kappa shape index (κ3) is 2.66. The van der Waals surface area contributed by atoms with Crippen molar-refractivity contribution < 1.29 is 0 Å². The molecule has 0 saturated carbocycles. The molecule has 5 nitrogen and oxygen atoms in total. The molecule has 0 bridgehead atoms. The molecule has 0 unspecified atom stereocenters. The fourth-order valence-electron chi connectivity index (χ4n) is 2.58.